The Labute approximate surface area is 107 Å². The highest BCUT2D eigenvalue weighted by atomic mass is 16.3. The zero-order valence-corrected chi connectivity index (χ0v) is 12.5. The molecule has 1 unspecified atom stereocenters. The van der Waals surface area contributed by atoms with Crippen LogP contribution >= 0.6 is 0 Å². The van der Waals surface area contributed by atoms with Crippen LogP contribution in [0.15, 0.2) is 0 Å². The lowest BCUT2D eigenvalue weighted by Crippen LogP contribution is -2.50. The van der Waals surface area contributed by atoms with Crippen molar-refractivity contribution in [2.45, 2.75) is 72.9 Å². The van der Waals surface area contributed by atoms with Gasteiger partial charge < -0.3 is 10.4 Å². The Hall–Kier alpha value is -0.0800. The topological polar surface area (TPSA) is 32.3 Å². The van der Waals surface area contributed by atoms with Crippen LogP contribution < -0.4 is 5.32 Å². The van der Waals surface area contributed by atoms with Crippen molar-refractivity contribution in [3.05, 3.63) is 0 Å². The van der Waals surface area contributed by atoms with Crippen molar-refractivity contribution >= 4 is 0 Å². The molecule has 0 heterocycles. The van der Waals surface area contributed by atoms with E-state index in [1.807, 2.05) is 0 Å². The molecule has 0 aromatic carbocycles. The number of rotatable bonds is 4. The summed E-state index contributed by atoms with van der Waals surface area (Å²) in [6, 6.07) is 0.790. The molecule has 17 heavy (non-hydrogen) atoms. The number of aliphatic hydroxyl groups is 1. The van der Waals surface area contributed by atoms with Crippen molar-refractivity contribution in [2.24, 2.45) is 16.7 Å². The van der Waals surface area contributed by atoms with Gasteiger partial charge in [0.05, 0.1) is 6.61 Å². The van der Waals surface area contributed by atoms with Gasteiger partial charge in [0, 0.05) is 12.1 Å². The normalized spacial score (nSPS) is 26.1. The van der Waals surface area contributed by atoms with Crippen LogP contribution in [0, 0.1) is 16.7 Å². The highest BCUT2D eigenvalue weighted by molar-refractivity contribution is 4.93. The molecule has 1 atom stereocenters. The molecule has 0 aliphatic heterocycles. The Bertz CT molecular complexity index is 229. The molecule has 1 fully saturated rings. The molecule has 1 aliphatic rings. The fourth-order valence-electron chi connectivity index (χ4n) is 3.72. The molecule has 0 aromatic heterocycles. The maximum absolute atomic E-state index is 9.42. The van der Waals surface area contributed by atoms with Gasteiger partial charge in [-0.25, -0.2) is 0 Å². The van der Waals surface area contributed by atoms with E-state index in [1.165, 1.54) is 19.3 Å². The first-order chi connectivity index (χ1) is 7.65. The largest absolute Gasteiger partial charge is 0.395 e. The van der Waals surface area contributed by atoms with Gasteiger partial charge in [0.1, 0.15) is 0 Å². The summed E-state index contributed by atoms with van der Waals surface area (Å²) in [7, 11) is 0. The monoisotopic (exact) mass is 241 g/mol. The van der Waals surface area contributed by atoms with Crippen molar-refractivity contribution in [3.63, 3.8) is 0 Å². The fraction of sp³-hybridized carbons (Fsp3) is 1.00. The van der Waals surface area contributed by atoms with Crippen LogP contribution in [0.4, 0.5) is 0 Å². The van der Waals surface area contributed by atoms with E-state index in [1.54, 1.807) is 0 Å². The van der Waals surface area contributed by atoms with Crippen LogP contribution in [0.5, 0.6) is 0 Å². The SMILES string of the molecule is CC(C)C(CO)NC1CC(C)(C)CC(C)(C)C1. The van der Waals surface area contributed by atoms with E-state index in [4.69, 9.17) is 0 Å². The predicted octanol–water partition coefficient (Wildman–Crippen LogP) is 3.20. The van der Waals surface area contributed by atoms with E-state index in [-0.39, 0.29) is 12.6 Å². The Morgan fingerprint density at radius 3 is 1.94 bits per heavy atom. The first-order valence-corrected chi connectivity index (χ1v) is 7.02. The van der Waals surface area contributed by atoms with Crippen molar-refractivity contribution in [3.8, 4) is 0 Å². The molecule has 1 rings (SSSR count). The third-order valence-electron chi connectivity index (χ3n) is 4.01. The molecule has 2 heteroatoms. The fourth-order valence-corrected chi connectivity index (χ4v) is 3.72. The van der Waals surface area contributed by atoms with E-state index in [0.29, 0.717) is 22.8 Å². The van der Waals surface area contributed by atoms with Gasteiger partial charge in [0.25, 0.3) is 0 Å². The first-order valence-electron chi connectivity index (χ1n) is 7.02. The highest BCUT2D eigenvalue weighted by Crippen LogP contribution is 2.45. The Morgan fingerprint density at radius 2 is 1.59 bits per heavy atom. The summed E-state index contributed by atoms with van der Waals surface area (Å²) in [5.74, 6) is 0.494. The lowest BCUT2D eigenvalue weighted by atomic mass is 9.63. The third kappa shape index (κ3) is 4.59. The van der Waals surface area contributed by atoms with Gasteiger partial charge in [-0.05, 0) is 36.0 Å². The lowest BCUT2D eigenvalue weighted by Gasteiger charge is -2.46. The van der Waals surface area contributed by atoms with Crippen LogP contribution in [0.1, 0.15) is 60.8 Å². The molecule has 1 saturated carbocycles. The molecule has 1 aliphatic carbocycles. The van der Waals surface area contributed by atoms with Gasteiger partial charge in [-0.1, -0.05) is 41.5 Å². The second-order valence-electron chi connectivity index (χ2n) is 7.81. The Morgan fingerprint density at radius 1 is 1.12 bits per heavy atom. The first kappa shape index (κ1) is 15.0. The van der Waals surface area contributed by atoms with Gasteiger partial charge in [0.15, 0.2) is 0 Å². The maximum atomic E-state index is 9.42. The molecule has 0 radical (unpaired) electrons. The smallest absolute Gasteiger partial charge is 0.0587 e. The molecular formula is C15H31NO. The minimum absolute atomic E-state index is 0.240. The number of hydrogen-bond acceptors (Lipinski definition) is 2. The summed E-state index contributed by atoms with van der Waals surface area (Å²) >= 11 is 0. The van der Waals surface area contributed by atoms with Gasteiger partial charge in [-0.3, -0.25) is 0 Å². The average Bonchev–Trinajstić information content (AvgIpc) is 2.08. The summed E-state index contributed by atoms with van der Waals surface area (Å²) in [4.78, 5) is 0. The van der Waals surface area contributed by atoms with Crippen LogP contribution in [-0.4, -0.2) is 23.8 Å². The standard InChI is InChI=1S/C15H31NO/c1-11(2)13(9-17)16-12-7-14(3,4)10-15(5,6)8-12/h11-13,16-17H,7-10H2,1-6H3. The molecule has 0 spiro atoms. The lowest BCUT2D eigenvalue weighted by molar-refractivity contribution is 0.0700. The van der Waals surface area contributed by atoms with Crippen molar-refractivity contribution in [1.82, 2.24) is 5.32 Å². The van der Waals surface area contributed by atoms with Crippen molar-refractivity contribution < 1.29 is 5.11 Å². The average molecular weight is 241 g/mol. The van der Waals surface area contributed by atoms with Gasteiger partial charge in [-0.2, -0.15) is 0 Å². The quantitative estimate of drug-likeness (QED) is 0.792. The van der Waals surface area contributed by atoms with Gasteiger partial charge >= 0.3 is 0 Å². The molecule has 2 nitrogen and oxygen atoms in total. The van der Waals surface area contributed by atoms with Crippen molar-refractivity contribution in [2.75, 3.05) is 6.61 Å². The maximum Gasteiger partial charge on any atom is 0.0587 e. The van der Waals surface area contributed by atoms with Crippen molar-refractivity contribution in [1.29, 1.82) is 0 Å². The second-order valence-corrected chi connectivity index (χ2v) is 7.81. The van der Waals surface area contributed by atoms with Gasteiger partial charge in [-0.15, -0.1) is 0 Å². The van der Waals surface area contributed by atoms with Crippen LogP contribution in [0.3, 0.4) is 0 Å². The molecule has 102 valence electrons. The van der Waals surface area contributed by atoms with Crippen LogP contribution in [0.25, 0.3) is 0 Å². The van der Waals surface area contributed by atoms with Crippen LogP contribution in [0.2, 0.25) is 0 Å². The Kier molecular flexibility index (Phi) is 4.65. The number of hydrogen-bond donors (Lipinski definition) is 2. The molecule has 0 bridgehead atoms. The van der Waals surface area contributed by atoms with E-state index in [9.17, 15) is 5.11 Å². The van der Waals surface area contributed by atoms with E-state index < -0.39 is 0 Å². The zero-order chi connectivity index (χ0) is 13.3. The van der Waals surface area contributed by atoms with Gasteiger partial charge in [0.2, 0.25) is 0 Å². The summed E-state index contributed by atoms with van der Waals surface area (Å²) in [6.07, 6.45) is 3.74. The number of aliphatic hydroxyl groups excluding tert-OH is 1. The predicted molar refractivity (Wildman–Crippen MR) is 74.0 cm³/mol. The van der Waals surface area contributed by atoms with Crippen LogP contribution in [-0.2, 0) is 0 Å². The molecule has 0 saturated heterocycles. The minimum atomic E-state index is 0.240. The third-order valence-corrected chi connectivity index (χ3v) is 4.01. The van der Waals surface area contributed by atoms with E-state index in [2.05, 4.69) is 46.9 Å². The summed E-state index contributed by atoms with van der Waals surface area (Å²) in [5.41, 5.74) is 0.826. The number of nitrogens with one attached hydrogen (secondary N) is 1. The second kappa shape index (κ2) is 5.27. The summed E-state index contributed by atoms with van der Waals surface area (Å²) in [6.45, 7) is 14.1. The zero-order valence-electron chi connectivity index (χ0n) is 12.5. The summed E-state index contributed by atoms with van der Waals surface area (Å²) in [5, 5.41) is 13.1. The molecular weight excluding hydrogens is 210 g/mol. The molecule has 0 aromatic rings. The van der Waals surface area contributed by atoms with E-state index >= 15 is 0 Å². The summed E-state index contributed by atoms with van der Waals surface area (Å²) < 4.78 is 0. The molecule has 0 amide bonds. The highest BCUT2D eigenvalue weighted by Gasteiger charge is 2.38. The Balaban J connectivity index is 2.65. The molecule has 2 N–H and O–H groups in total. The van der Waals surface area contributed by atoms with E-state index in [0.717, 1.165) is 0 Å². The minimum Gasteiger partial charge on any atom is -0.395 e.